The first kappa shape index (κ1) is 10.3. The lowest BCUT2D eigenvalue weighted by Crippen LogP contribution is -2.02. The molecule has 3 heteroatoms. The van der Waals surface area contributed by atoms with Crippen molar-refractivity contribution in [3.63, 3.8) is 0 Å². The van der Waals surface area contributed by atoms with Crippen LogP contribution in [0.3, 0.4) is 0 Å². The van der Waals surface area contributed by atoms with Crippen LogP contribution in [-0.2, 0) is 9.53 Å². The lowest BCUT2D eigenvalue weighted by molar-refractivity contribution is -0.133. The Kier molecular flexibility index (Phi) is 3.29. The van der Waals surface area contributed by atoms with Gasteiger partial charge in [-0.15, -0.1) is 0 Å². The van der Waals surface area contributed by atoms with Crippen LogP contribution in [0.15, 0.2) is 30.8 Å². The second kappa shape index (κ2) is 4.46. The van der Waals surface area contributed by atoms with Gasteiger partial charge in [0.1, 0.15) is 5.75 Å². The zero-order chi connectivity index (χ0) is 10.6. The van der Waals surface area contributed by atoms with Crippen LogP contribution in [0.1, 0.15) is 5.56 Å². The molecule has 0 atom stereocenters. The van der Waals surface area contributed by atoms with Gasteiger partial charge in [-0.25, -0.2) is 4.79 Å². The highest BCUT2D eigenvalue weighted by atomic mass is 16.5. The van der Waals surface area contributed by atoms with Gasteiger partial charge in [-0.2, -0.15) is 0 Å². The molecule has 0 bridgehead atoms. The normalized spacial score (nSPS) is 9.29. The Morgan fingerprint density at radius 2 is 1.79 bits per heavy atom. The van der Waals surface area contributed by atoms with Gasteiger partial charge in [0.25, 0.3) is 0 Å². The highest BCUT2D eigenvalue weighted by molar-refractivity contribution is 6.15. The molecule has 0 radical (unpaired) electrons. The van der Waals surface area contributed by atoms with Crippen LogP contribution in [0.2, 0.25) is 0 Å². The van der Waals surface area contributed by atoms with Crippen LogP contribution in [0.5, 0.6) is 5.75 Å². The van der Waals surface area contributed by atoms with Crippen molar-refractivity contribution in [2.45, 2.75) is 0 Å². The minimum Gasteiger partial charge on any atom is -0.497 e. The maximum Gasteiger partial charge on any atom is 0.337 e. The minimum atomic E-state index is -0.421. The molecule has 1 aromatic rings. The lowest BCUT2D eigenvalue weighted by atomic mass is 10.1. The van der Waals surface area contributed by atoms with E-state index in [1.165, 1.54) is 7.11 Å². The third-order valence-corrected chi connectivity index (χ3v) is 1.87. The Morgan fingerprint density at radius 3 is 2.21 bits per heavy atom. The number of esters is 1. The number of carbonyl (C=O) groups excluding carboxylic acids is 1. The third kappa shape index (κ3) is 2.13. The van der Waals surface area contributed by atoms with Crippen LogP contribution < -0.4 is 4.74 Å². The first-order valence-electron chi connectivity index (χ1n) is 4.10. The maximum absolute atomic E-state index is 11.1. The quantitative estimate of drug-likeness (QED) is 0.542. The molecule has 0 aliphatic heterocycles. The molecule has 0 aliphatic rings. The Balaban J connectivity index is 2.87. The largest absolute Gasteiger partial charge is 0.497 e. The fourth-order valence-electron chi connectivity index (χ4n) is 1.03. The van der Waals surface area contributed by atoms with E-state index in [0.29, 0.717) is 5.57 Å². The van der Waals surface area contributed by atoms with Gasteiger partial charge >= 0.3 is 5.97 Å². The monoisotopic (exact) mass is 192 g/mol. The first-order valence-corrected chi connectivity index (χ1v) is 4.10. The lowest BCUT2D eigenvalue weighted by Gasteiger charge is -2.04. The molecule has 0 spiro atoms. The van der Waals surface area contributed by atoms with Gasteiger partial charge in [0.15, 0.2) is 0 Å². The van der Waals surface area contributed by atoms with Crippen LogP contribution in [0.25, 0.3) is 5.57 Å². The summed E-state index contributed by atoms with van der Waals surface area (Å²) < 4.78 is 9.54. The molecule has 0 aliphatic carbocycles. The number of ether oxygens (including phenoxy) is 2. The zero-order valence-corrected chi connectivity index (χ0v) is 8.24. The summed E-state index contributed by atoms with van der Waals surface area (Å²) in [5.41, 5.74) is 1.08. The molecular weight excluding hydrogens is 180 g/mol. The molecule has 0 fully saturated rings. The van der Waals surface area contributed by atoms with Crippen molar-refractivity contribution in [3.8, 4) is 5.75 Å². The Morgan fingerprint density at radius 1 is 1.21 bits per heavy atom. The van der Waals surface area contributed by atoms with Crippen molar-refractivity contribution in [1.29, 1.82) is 0 Å². The summed E-state index contributed by atoms with van der Waals surface area (Å²) in [6, 6.07) is 7.06. The van der Waals surface area contributed by atoms with E-state index < -0.39 is 5.97 Å². The summed E-state index contributed by atoms with van der Waals surface area (Å²) >= 11 is 0. The predicted octanol–water partition coefficient (Wildman–Crippen LogP) is 1.88. The molecule has 0 aromatic heterocycles. The number of benzene rings is 1. The van der Waals surface area contributed by atoms with E-state index in [0.717, 1.165) is 11.3 Å². The molecule has 14 heavy (non-hydrogen) atoms. The number of carbonyl (C=O) groups is 1. The van der Waals surface area contributed by atoms with E-state index in [2.05, 4.69) is 11.3 Å². The van der Waals surface area contributed by atoms with E-state index >= 15 is 0 Å². The van der Waals surface area contributed by atoms with Gasteiger partial charge in [-0.1, -0.05) is 18.7 Å². The molecule has 0 saturated carbocycles. The highest BCUT2D eigenvalue weighted by Gasteiger charge is 2.08. The van der Waals surface area contributed by atoms with Crippen molar-refractivity contribution in [2.75, 3.05) is 14.2 Å². The number of hydrogen-bond acceptors (Lipinski definition) is 3. The number of hydrogen-bond donors (Lipinski definition) is 0. The minimum absolute atomic E-state index is 0.343. The molecule has 0 unspecified atom stereocenters. The molecule has 74 valence electrons. The highest BCUT2D eigenvalue weighted by Crippen LogP contribution is 2.17. The summed E-state index contributed by atoms with van der Waals surface area (Å²) in [5, 5.41) is 0. The van der Waals surface area contributed by atoms with Gasteiger partial charge in [0.2, 0.25) is 0 Å². The van der Waals surface area contributed by atoms with Crippen LogP contribution in [0.4, 0.5) is 0 Å². The van der Waals surface area contributed by atoms with Crippen LogP contribution >= 0.6 is 0 Å². The van der Waals surface area contributed by atoms with Gasteiger partial charge in [0, 0.05) is 0 Å². The molecule has 0 heterocycles. The topological polar surface area (TPSA) is 35.5 Å². The summed E-state index contributed by atoms with van der Waals surface area (Å²) in [7, 11) is 2.92. The number of rotatable bonds is 3. The van der Waals surface area contributed by atoms with Crippen molar-refractivity contribution < 1.29 is 14.3 Å². The predicted molar refractivity (Wildman–Crippen MR) is 54.0 cm³/mol. The summed E-state index contributed by atoms with van der Waals surface area (Å²) in [6.07, 6.45) is 0. The van der Waals surface area contributed by atoms with Gasteiger partial charge in [0.05, 0.1) is 19.8 Å². The maximum atomic E-state index is 11.1. The fraction of sp³-hybridized carbons (Fsp3) is 0.182. The van der Waals surface area contributed by atoms with Gasteiger partial charge < -0.3 is 9.47 Å². The van der Waals surface area contributed by atoms with Gasteiger partial charge in [-0.05, 0) is 17.7 Å². The molecule has 0 N–H and O–H groups in total. The molecule has 3 nitrogen and oxygen atoms in total. The molecule has 1 aromatic carbocycles. The average molecular weight is 192 g/mol. The molecular formula is C11H12O3. The molecule has 1 rings (SSSR count). The van der Waals surface area contributed by atoms with E-state index in [-0.39, 0.29) is 0 Å². The standard InChI is InChI=1S/C11H12O3/c1-8(11(12)14-3)9-4-6-10(13-2)7-5-9/h4-7H,1H2,2-3H3. The Labute approximate surface area is 83.0 Å². The molecule has 0 saturated heterocycles. The van der Waals surface area contributed by atoms with Crippen LogP contribution in [0, 0.1) is 0 Å². The van der Waals surface area contributed by atoms with Crippen LogP contribution in [-0.4, -0.2) is 20.2 Å². The fourth-order valence-corrected chi connectivity index (χ4v) is 1.03. The summed E-state index contributed by atoms with van der Waals surface area (Å²) in [5.74, 6) is 0.321. The van der Waals surface area contributed by atoms with E-state index in [9.17, 15) is 4.79 Å². The van der Waals surface area contributed by atoms with Gasteiger partial charge in [-0.3, -0.25) is 0 Å². The second-order valence-corrected chi connectivity index (χ2v) is 2.70. The molecule has 0 amide bonds. The van der Waals surface area contributed by atoms with Crippen molar-refractivity contribution in [2.24, 2.45) is 0 Å². The Bertz CT molecular complexity index is 338. The van der Waals surface area contributed by atoms with Crippen molar-refractivity contribution in [3.05, 3.63) is 36.4 Å². The Hall–Kier alpha value is -1.77. The number of methoxy groups -OCH3 is 2. The van der Waals surface area contributed by atoms with E-state index in [4.69, 9.17) is 4.74 Å². The van der Waals surface area contributed by atoms with E-state index in [1.54, 1.807) is 31.4 Å². The summed E-state index contributed by atoms with van der Waals surface area (Å²) in [6.45, 7) is 3.64. The van der Waals surface area contributed by atoms with Crippen molar-refractivity contribution >= 4 is 11.5 Å². The van der Waals surface area contributed by atoms with Crippen molar-refractivity contribution in [1.82, 2.24) is 0 Å². The third-order valence-electron chi connectivity index (χ3n) is 1.87. The van der Waals surface area contributed by atoms with E-state index in [1.807, 2.05) is 0 Å². The average Bonchev–Trinajstić information content (AvgIpc) is 2.27. The second-order valence-electron chi connectivity index (χ2n) is 2.70. The smallest absolute Gasteiger partial charge is 0.337 e. The summed E-state index contributed by atoms with van der Waals surface area (Å²) in [4.78, 5) is 11.1. The zero-order valence-electron chi connectivity index (χ0n) is 8.24. The first-order chi connectivity index (χ1) is 6.69. The SMILES string of the molecule is C=C(C(=O)OC)c1ccc(OC)cc1.